The van der Waals surface area contributed by atoms with Crippen LogP contribution in [0.2, 0.25) is 5.02 Å². The van der Waals surface area contributed by atoms with Gasteiger partial charge in [0, 0.05) is 11.9 Å². The summed E-state index contributed by atoms with van der Waals surface area (Å²) >= 11 is 5.81. The number of hydrogen-bond donors (Lipinski definition) is 2. The molecule has 0 fully saturated rings. The van der Waals surface area contributed by atoms with Gasteiger partial charge in [-0.25, -0.2) is 13.4 Å². The van der Waals surface area contributed by atoms with E-state index in [1.165, 1.54) is 12.1 Å². The number of amides is 2. The van der Waals surface area contributed by atoms with Crippen LogP contribution in [-0.2, 0) is 9.84 Å². The number of nitrogens with one attached hydrogen (secondary N) is 1. The van der Waals surface area contributed by atoms with E-state index in [0.29, 0.717) is 0 Å². The molecule has 0 saturated carbocycles. The molecule has 0 aliphatic carbocycles. The van der Waals surface area contributed by atoms with Crippen molar-refractivity contribution in [2.75, 3.05) is 5.32 Å². The summed E-state index contributed by atoms with van der Waals surface area (Å²) in [6, 6.07) is 5.52. The van der Waals surface area contributed by atoms with Crippen LogP contribution in [0.5, 0.6) is 0 Å². The number of carbonyl (C=O) groups is 2. The van der Waals surface area contributed by atoms with E-state index in [1.54, 1.807) is 0 Å². The number of anilines is 1. The molecule has 2 aromatic rings. The lowest BCUT2D eigenvalue weighted by Crippen LogP contribution is -2.27. The summed E-state index contributed by atoms with van der Waals surface area (Å²) in [7, 11) is -5.83. The fourth-order valence-electron chi connectivity index (χ4n) is 1.88. The van der Waals surface area contributed by atoms with E-state index in [2.05, 4.69) is 10.3 Å². The summed E-state index contributed by atoms with van der Waals surface area (Å²) in [5.41, 5.74) is -1.39. The third kappa shape index (κ3) is 3.78. The van der Waals surface area contributed by atoms with Crippen LogP contribution in [0, 0.1) is 0 Å². The SMILES string of the molecule is NC(=O)c1ccc(NC(=O)c2cccnc2S(=O)(=O)C(F)(F)F)cc1Cl. The standard InChI is InChI=1S/C14H9ClF3N3O4S/c15-10-6-7(3-4-8(10)11(19)22)21-12(23)9-2-1-5-20-13(9)26(24,25)14(16,17)18/h1-6H,(H2,19,22)(H,21,23). The Labute approximate surface area is 149 Å². The molecule has 1 aromatic carbocycles. The van der Waals surface area contributed by atoms with E-state index in [9.17, 15) is 31.2 Å². The number of halogens is 4. The first-order valence-corrected chi connectivity index (χ1v) is 8.48. The van der Waals surface area contributed by atoms with Crippen LogP contribution in [0.1, 0.15) is 20.7 Å². The van der Waals surface area contributed by atoms with Crippen LogP contribution in [0.25, 0.3) is 0 Å². The lowest BCUT2D eigenvalue weighted by atomic mass is 10.2. The van der Waals surface area contributed by atoms with Crippen LogP contribution >= 0.6 is 11.6 Å². The molecule has 0 unspecified atom stereocenters. The van der Waals surface area contributed by atoms with Crippen molar-refractivity contribution in [2.24, 2.45) is 5.73 Å². The fourth-order valence-corrected chi connectivity index (χ4v) is 3.02. The second-order valence-electron chi connectivity index (χ2n) is 4.82. The van der Waals surface area contributed by atoms with E-state index >= 15 is 0 Å². The van der Waals surface area contributed by atoms with Crippen LogP contribution in [0.15, 0.2) is 41.6 Å². The van der Waals surface area contributed by atoms with E-state index in [-0.39, 0.29) is 16.3 Å². The van der Waals surface area contributed by atoms with Gasteiger partial charge in [0.1, 0.15) is 0 Å². The number of nitrogens with two attached hydrogens (primary N) is 1. The number of primary amides is 1. The Balaban J connectivity index is 2.41. The molecule has 1 heterocycles. The molecular formula is C14H9ClF3N3O4S. The van der Waals surface area contributed by atoms with Crippen molar-refractivity contribution in [1.29, 1.82) is 0 Å². The number of rotatable bonds is 4. The first-order valence-electron chi connectivity index (χ1n) is 6.62. The fraction of sp³-hybridized carbons (Fsp3) is 0.0714. The highest BCUT2D eigenvalue weighted by Crippen LogP contribution is 2.31. The summed E-state index contributed by atoms with van der Waals surface area (Å²) in [6.45, 7) is 0. The second kappa shape index (κ2) is 6.92. The zero-order valence-corrected chi connectivity index (χ0v) is 14.1. The third-order valence-corrected chi connectivity index (χ3v) is 4.82. The number of nitrogens with zero attached hydrogens (tertiary/aromatic N) is 1. The summed E-state index contributed by atoms with van der Waals surface area (Å²) < 4.78 is 61.4. The van der Waals surface area contributed by atoms with Gasteiger partial charge in [0.15, 0.2) is 5.03 Å². The highest BCUT2D eigenvalue weighted by molar-refractivity contribution is 7.92. The number of carbonyl (C=O) groups excluding carboxylic acids is 2. The maximum Gasteiger partial charge on any atom is 0.503 e. The molecule has 0 aliphatic rings. The Morgan fingerprint density at radius 1 is 1.15 bits per heavy atom. The second-order valence-corrected chi connectivity index (χ2v) is 7.08. The lowest BCUT2D eigenvalue weighted by Gasteiger charge is -2.12. The number of aromatic nitrogens is 1. The first-order chi connectivity index (χ1) is 11.9. The van der Waals surface area contributed by atoms with Crippen molar-refractivity contribution in [3.8, 4) is 0 Å². The van der Waals surface area contributed by atoms with E-state index in [4.69, 9.17) is 17.3 Å². The smallest absolute Gasteiger partial charge is 0.366 e. The van der Waals surface area contributed by atoms with Crippen molar-refractivity contribution in [3.63, 3.8) is 0 Å². The quantitative estimate of drug-likeness (QED) is 0.806. The Morgan fingerprint density at radius 3 is 2.35 bits per heavy atom. The number of pyridine rings is 1. The molecule has 0 aliphatic heterocycles. The highest BCUT2D eigenvalue weighted by atomic mass is 35.5. The van der Waals surface area contributed by atoms with Crippen molar-refractivity contribution < 1.29 is 31.2 Å². The summed E-state index contributed by atoms with van der Waals surface area (Å²) in [5, 5.41) is 0.649. The van der Waals surface area contributed by atoms with E-state index in [0.717, 1.165) is 24.4 Å². The molecule has 0 bridgehead atoms. The van der Waals surface area contributed by atoms with Gasteiger partial charge in [-0.15, -0.1) is 0 Å². The zero-order chi connectivity index (χ0) is 19.7. The molecule has 138 valence electrons. The van der Waals surface area contributed by atoms with Crippen LogP contribution in [-0.4, -0.2) is 30.7 Å². The topological polar surface area (TPSA) is 119 Å². The van der Waals surface area contributed by atoms with E-state index < -0.39 is 37.7 Å². The molecule has 0 radical (unpaired) electrons. The summed E-state index contributed by atoms with van der Waals surface area (Å²) in [4.78, 5) is 26.5. The molecule has 0 atom stereocenters. The molecule has 2 rings (SSSR count). The Hall–Kier alpha value is -2.66. The molecule has 0 saturated heterocycles. The molecular weight excluding hydrogens is 399 g/mol. The van der Waals surface area contributed by atoms with Gasteiger partial charge in [-0.3, -0.25) is 9.59 Å². The van der Waals surface area contributed by atoms with Gasteiger partial charge in [-0.05, 0) is 30.3 Å². The Morgan fingerprint density at radius 2 is 1.81 bits per heavy atom. The normalized spacial score (nSPS) is 11.8. The number of benzene rings is 1. The zero-order valence-electron chi connectivity index (χ0n) is 12.5. The van der Waals surface area contributed by atoms with Crippen LogP contribution in [0.3, 0.4) is 0 Å². The lowest BCUT2D eigenvalue weighted by molar-refractivity contribution is -0.0438. The summed E-state index contributed by atoms with van der Waals surface area (Å²) in [6.07, 6.45) is 0.813. The average molecular weight is 408 g/mol. The van der Waals surface area contributed by atoms with Gasteiger partial charge in [0.2, 0.25) is 5.91 Å². The third-order valence-electron chi connectivity index (χ3n) is 3.07. The Kier molecular flexibility index (Phi) is 5.23. The van der Waals surface area contributed by atoms with E-state index in [1.807, 2.05) is 0 Å². The summed E-state index contributed by atoms with van der Waals surface area (Å²) in [5.74, 6) is -1.98. The van der Waals surface area contributed by atoms with Gasteiger partial charge < -0.3 is 11.1 Å². The predicted octanol–water partition coefficient (Wildman–Crippen LogP) is 2.38. The monoisotopic (exact) mass is 407 g/mol. The minimum absolute atomic E-state index is 0.00390. The first kappa shape index (κ1) is 19.7. The molecule has 7 nitrogen and oxygen atoms in total. The van der Waals surface area contributed by atoms with Gasteiger partial charge in [0.05, 0.1) is 16.1 Å². The van der Waals surface area contributed by atoms with Crippen LogP contribution in [0.4, 0.5) is 18.9 Å². The minimum Gasteiger partial charge on any atom is -0.366 e. The van der Waals surface area contributed by atoms with Crippen LogP contribution < -0.4 is 11.1 Å². The largest absolute Gasteiger partial charge is 0.503 e. The molecule has 2 amide bonds. The van der Waals surface area contributed by atoms with Crippen molar-refractivity contribution >= 4 is 38.9 Å². The molecule has 0 spiro atoms. The van der Waals surface area contributed by atoms with Crippen molar-refractivity contribution in [1.82, 2.24) is 4.98 Å². The van der Waals surface area contributed by atoms with Crippen molar-refractivity contribution in [3.05, 3.63) is 52.7 Å². The maximum absolute atomic E-state index is 12.7. The molecule has 1 aromatic heterocycles. The number of alkyl halides is 3. The van der Waals surface area contributed by atoms with Gasteiger partial charge in [-0.2, -0.15) is 13.2 Å². The minimum atomic E-state index is -5.83. The highest BCUT2D eigenvalue weighted by Gasteiger charge is 2.49. The molecule has 12 heteroatoms. The molecule has 26 heavy (non-hydrogen) atoms. The Bertz CT molecular complexity index is 993. The number of hydrogen-bond acceptors (Lipinski definition) is 5. The van der Waals surface area contributed by atoms with Crippen molar-refractivity contribution in [2.45, 2.75) is 10.5 Å². The average Bonchev–Trinajstić information content (AvgIpc) is 2.53. The predicted molar refractivity (Wildman–Crippen MR) is 85.4 cm³/mol. The van der Waals surface area contributed by atoms with Gasteiger partial charge >= 0.3 is 5.51 Å². The molecule has 3 N–H and O–H groups in total. The number of sulfone groups is 1. The van der Waals surface area contributed by atoms with Gasteiger partial charge in [0.25, 0.3) is 15.7 Å². The maximum atomic E-state index is 12.7. The van der Waals surface area contributed by atoms with Gasteiger partial charge in [-0.1, -0.05) is 11.6 Å².